The van der Waals surface area contributed by atoms with Gasteiger partial charge in [-0.2, -0.15) is 8.61 Å². The third-order valence-corrected chi connectivity index (χ3v) is 15.4. The summed E-state index contributed by atoms with van der Waals surface area (Å²) in [7, 11) is -17.0. The molecular formula is C44H67N3O16S4-2. The molecule has 380 valence electrons. The maximum atomic E-state index is 14.3. The lowest BCUT2D eigenvalue weighted by atomic mass is 9.92. The Labute approximate surface area is 396 Å². The van der Waals surface area contributed by atoms with Crippen molar-refractivity contribution in [1.82, 2.24) is 8.61 Å². The van der Waals surface area contributed by atoms with Gasteiger partial charge >= 0.3 is 0 Å². The first-order valence-electron chi connectivity index (χ1n) is 21.9. The molecule has 1 N–H and O–H groups in total. The van der Waals surface area contributed by atoms with Crippen molar-refractivity contribution in [2.45, 2.75) is 82.7 Å². The van der Waals surface area contributed by atoms with E-state index in [4.69, 9.17) is 28.4 Å². The molecule has 0 aliphatic rings. The van der Waals surface area contributed by atoms with Gasteiger partial charge in [0.15, 0.2) is 0 Å². The highest BCUT2D eigenvalue weighted by Gasteiger charge is 2.33. The molecule has 0 aliphatic carbocycles. The Morgan fingerprint density at radius 3 is 1.42 bits per heavy atom. The number of anilines is 1. The third kappa shape index (κ3) is 17.1. The molecule has 0 aromatic heterocycles. The van der Waals surface area contributed by atoms with Crippen LogP contribution in [0.3, 0.4) is 0 Å². The van der Waals surface area contributed by atoms with Gasteiger partial charge in [-0.25, -0.2) is 33.7 Å². The van der Waals surface area contributed by atoms with Gasteiger partial charge in [-0.1, -0.05) is 39.0 Å². The van der Waals surface area contributed by atoms with E-state index in [1.807, 2.05) is 33.8 Å². The molecule has 19 nitrogen and oxygen atoms in total. The Bertz CT molecular complexity index is 2610. The quantitative estimate of drug-likeness (QED) is 0.0418. The maximum absolute atomic E-state index is 14.3. The van der Waals surface area contributed by atoms with Crippen molar-refractivity contribution in [3.63, 3.8) is 0 Å². The van der Waals surface area contributed by atoms with E-state index >= 15 is 0 Å². The van der Waals surface area contributed by atoms with Crippen LogP contribution in [0.1, 0.15) is 61.3 Å². The van der Waals surface area contributed by atoms with E-state index < -0.39 is 80.3 Å². The van der Waals surface area contributed by atoms with Crippen molar-refractivity contribution in [3.05, 3.63) is 36.4 Å². The summed E-state index contributed by atoms with van der Waals surface area (Å²) >= 11 is 0. The second-order valence-corrected chi connectivity index (χ2v) is 25.6. The topological polar surface area (TPSA) is 257 Å². The van der Waals surface area contributed by atoms with Crippen molar-refractivity contribution < 1.29 is 71.2 Å². The van der Waals surface area contributed by atoms with Crippen molar-refractivity contribution in [3.8, 4) is 5.75 Å². The second kappa shape index (κ2) is 23.7. The predicted molar refractivity (Wildman–Crippen MR) is 255 cm³/mol. The highest BCUT2D eigenvalue weighted by atomic mass is 32.2. The van der Waals surface area contributed by atoms with Crippen LogP contribution in [0.25, 0.3) is 32.3 Å². The number of nitrogens with one attached hydrogen (secondary N) is 1. The summed E-state index contributed by atoms with van der Waals surface area (Å²) in [5.74, 6) is -1.68. The van der Waals surface area contributed by atoms with Gasteiger partial charge in [0.1, 0.15) is 11.4 Å². The molecule has 0 aliphatic heterocycles. The number of rotatable bonds is 30. The molecule has 0 amide bonds. The Kier molecular flexibility index (Phi) is 20.0. The number of ether oxygens (including phenoxy) is 6. The van der Waals surface area contributed by atoms with E-state index in [0.717, 1.165) is 20.2 Å². The van der Waals surface area contributed by atoms with Gasteiger partial charge in [-0.3, -0.25) is 0 Å². The average Bonchev–Trinajstić information content (AvgIpc) is 3.20. The van der Waals surface area contributed by atoms with Crippen molar-refractivity contribution in [2.24, 2.45) is 5.41 Å². The molecule has 0 saturated carbocycles. The van der Waals surface area contributed by atoms with Crippen LogP contribution in [0.4, 0.5) is 5.69 Å². The van der Waals surface area contributed by atoms with Crippen molar-refractivity contribution in [2.75, 3.05) is 110 Å². The fourth-order valence-corrected chi connectivity index (χ4v) is 11.1. The molecule has 1 atom stereocenters. The molecule has 0 bridgehead atoms. The average molecular weight is 1020 g/mol. The summed E-state index contributed by atoms with van der Waals surface area (Å²) in [5.41, 5.74) is 0.0137. The first kappa shape index (κ1) is 56.5. The largest absolute Gasteiger partial charge is 0.748 e. The standard InChI is InChI=1S/C44H69N3O16S4/c1-32(11-10-18-58-19-20-59-21-22-60-23-24-61-25-26-62-31-43(2,3)4)45-37-29-38(63-44(5,6)7)34-13-15-36-40(67(56,57)47(9)17-28-65(51,52)53)30-39(35-14-12-33(37)41(34)42(35)36)66(54,55)46(8)16-27-64(48,49)50/h12-15,29-30,32,45H,10-11,16-28,31H2,1-9H3,(H,48,49,50)(H,51,52,53)/p-2. The number of hydrogen-bond donors (Lipinski definition) is 1. The Morgan fingerprint density at radius 2 is 0.985 bits per heavy atom. The monoisotopic (exact) mass is 1020 g/mol. The Hall–Kier alpha value is -3.04. The Balaban J connectivity index is 1.56. The first-order valence-corrected chi connectivity index (χ1v) is 28.0. The van der Waals surface area contributed by atoms with Gasteiger partial charge in [0, 0.05) is 83.9 Å². The summed E-state index contributed by atoms with van der Waals surface area (Å²) in [4.78, 5) is -1.02. The highest BCUT2D eigenvalue weighted by molar-refractivity contribution is 7.90. The SMILES string of the molecule is CC(CCCOCCOCCOCCOCCOCC(C)(C)C)Nc1cc(OC(C)(C)C)c2ccc3c(S(=O)(=O)N(C)CCS(=O)(=O)[O-])cc(S(=O)(=O)N(C)CCS(=O)(=O)[O-])c4ccc1c2c43. The third-order valence-electron chi connectivity index (χ3n) is 10.2. The van der Waals surface area contributed by atoms with Crippen LogP contribution in [-0.2, 0) is 64.0 Å². The van der Waals surface area contributed by atoms with E-state index in [0.29, 0.717) is 115 Å². The fraction of sp³-hybridized carbons (Fsp3) is 0.636. The number of nitrogens with zero attached hydrogens (tertiary/aromatic N) is 2. The molecule has 0 saturated heterocycles. The summed E-state index contributed by atoms with van der Waals surface area (Å²) in [5, 5.41) is 5.52. The molecule has 0 heterocycles. The molecule has 0 radical (unpaired) electrons. The smallest absolute Gasteiger partial charge is 0.243 e. The van der Waals surface area contributed by atoms with Gasteiger partial charge in [0.05, 0.1) is 101 Å². The minimum atomic E-state index is -4.84. The first-order chi connectivity index (χ1) is 31.0. The Morgan fingerprint density at radius 1 is 0.582 bits per heavy atom. The van der Waals surface area contributed by atoms with Crippen LogP contribution < -0.4 is 10.1 Å². The van der Waals surface area contributed by atoms with E-state index in [1.165, 1.54) is 12.1 Å². The van der Waals surface area contributed by atoms with Crippen LogP contribution in [0.15, 0.2) is 46.2 Å². The maximum Gasteiger partial charge on any atom is 0.243 e. The van der Waals surface area contributed by atoms with Gasteiger partial charge in [0.25, 0.3) is 0 Å². The molecule has 23 heteroatoms. The lowest BCUT2D eigenvalue weighted by Gasteiger charge is -2.27. The summed E-state index contributed by atoms with van der Waals surface area (Å²) in [6.07, 6.45) is 1.37. The summed E-state index contributed by atoms with van der Waals surface area (Å²) in [6.45, 7) is 17.2. The zero-order chi connectivity index (χ0) is 50.0. The zero-order valence-corrected chi connectivity index (χ0v) is 43.2. The normalized spacial score (nSPS) is 14.0. The van der Waals surface area contributed by atoms with Crippen LogP contribution in [0.2, 0.25) is 0 Å². The molecule has 4 aromatic rings. The molecule has 0 spiro atoms. The molecule has 4 rings (SSSR count). The lowest BCUT2D eigenvalue weighted by Crippen LogP contribution is -2.33. The molecule has 4 aromatic carbocycles. The predicted octanol–water partition coefficient (Wildman–Crippen LogP) is 4.80. The highest BCUT2D eigenvalue weighted by Crippen LogP contribution is 2.47. The van der Waals surface area contributed by atoms with Crippen LogP contribution in [0.5, 0.6) is 5.75 Å². The number of benzene rings is 4. The number of sulfonamides is 2. The minimum Gasteiger partial charge on any atom is -0.748 e. The number of hydrogen-bond acceptors (Lipinski definition) is 17. The van der Waals surface area contributed by atoms with Crippen LogP contribution in [-0.4, -0.2) is 168 Å². The second-order valence-electron chi connectivity index (χ2n) is 18.5. The van der Waals surface area contributed by atoms with E-state index in [2.05, 4.69) is 26.1 Å². The van der Waals surface area contributed by atoms with E-state index in [-0.39, 0.29) is 27.6 Å². The molecule has 0 fully saturated rings. The van der Waals surface area contributed by atoms with Gasteiger partial charge in [-0.15, -0.1) is 0 Å². The summed E-state index contributed by atoms with van der Waals surface area (Å²) in [6, 6.07) is 9.04. The van der Waals surface area contributed by atoms with E-state index in [1.54, 1.807) is 12.1 Å². The zero-order valence-electron chi connectivity index (χ0n) is 39.9. The van der Waals surface area contributed by atoms with Crippen molar-refractivity contribution >= 4 is 78.3 Å². The van der Waals surface area contributed by atoms with Crippen LogP contribution in [0, 0.1) is 5.41 Å². The van der Waals surface area contributed by atoms with Gasteiger partial charge in [-0.05, 0) is 58.1 Å². The van der Waals surface area contributed by atoms with Gasteiger partial charge in [0.2, 0.25) is 20.0 Å². The molecule has 67 heavy (non-hydrogen) atoms. The molecular weight excluding hydrogens is 955 g/mol. The summed E-state index contributed by atoms with van der Waals surface area (Å²) < 4.78 is 162. The van der Waals surface area contributed by atoms with Crippen molar-refractivity contribution in [1.29, 1.82) is 0 Å². The lowest BCUT2D eigenvalue weighted by molar-refractivity contribution is -0.0170. The fourth-order valence-electron chi connectivity index (χ4n) is 7.00. The minimum absolute atomic E-state index is 0.0904. The molecule has 1 unspecified atom stereocenters. The van der Waals surface area contributed by atoms with E-state index in [9.17, 15) is 42.8 Å². The van der Waals surface area contributed by atoms with Gasteiger partial charge < -0.3 is 42.8 Å². The van der Waals surface area contributed by atoms with Crippen LogP contribution >= 0.6 is 0 Å².